The molecule has 2 aromatic rings. The molecular formula is C16H20N6OS. The molecule has 1 N–H and O–H groups in total. The Labute approximate surface area is 145 Å². The van der Waals surface area contributed by atoms with E-state index in [2.05, 4.69) is 26.6 Å². The molecule has 0 aliphatic heterocycles. The van der Waals surface area contributed by atoms with Crippen LogP contribution in [0.4, 0.5) is 0 Å². The van der Waals surface area contributed by atoms with Crippen LogP contribution in [0.1, 0.15) is 20.8 Å². The molecule has 24 heavy (non-hydrogen) atoms. The Hall–Kier alpha value is -2.40. The van der Waals surface area contributed by atoms with E-state index in [9.17, 15) is 10.1 Å². The molecule has 2 aromatic heterocycles. The van der Waals surface area contributed by atoms with Crippen LogP contribution in [-0.4, -0.2) is 36.9 Å². The summed E-state index contributed by atoms with van der Waals surface area (Å²) in [6.45, 7) is 5.53. The third-order valence-electron chi connectivity index (χ3n) is 3.89. The zero-order valence-electron chi connectivity index (χ0n) is 14.1. The summed E-state index contributed by atoms with van der Waals surface area (Å²) in [7, 11) is 1.85. The van der Waals surface area contributed by atoms with E-state index in [4.69, 9.17) is 0 Å². The zero-order chi connectivity index (χ0) is 17.7. The lowest BCUT2D eigenvalue weighted by atomic mass is 9.90. The monoisotopic (exact) mass is 344 g/mol. The number of thioether (sulfide) groups is 1. The van der Waals surface area contributed by atoms with Gasteiger partial charge in [0.15, 0.2) is 11.0 Å². The molecule has 0 fully saturated rings. The maximum Gasteiger partial charge on any atom is 0.231 e. The highest BCUT2D eigenvalue weighted by atomic mass is 32.2. The Balaban J connectivity index is 2.02. The van der Waals surface area contributed by atoms with E-state index in [1.54, 1.807) is 19.3 Å². The van der Waals surface area contributed by atoms with Gasteiger partial charge in [-0.2, -0.15) is 5.26 Å². The number of hydrogen-bond acceptors (Lipinski definition) is 6. The van der Waals surface area contributed by atoms with Crippen molar-refractivity contribution < 1.29 is 4.79 Å². The predicted molar refractivity (Wildman–Crippen MR) is 92.0 cm³/mol. The van der Waals surface area contributed by atoms with Gasteiger partial charge in [0.25, 0.3) is 0 Å². The lowest BCUT2D eigenvalue weighted by molar-refractivity contribution is -0.120. The quantitative estimate of drug-likeness (QED) is 0.805. The summed E-state index contributed by atoms with van der Waals surface area (Å²) in [5.41, 5.74) is 0.0351. The van der Waals surface area contributed by atoms with E-state index >= 15 is 0 Å². The van der Waals surface area contributed by atoms with Gasteiger partial charge in [-0.05, 0) is 25.0 Å². The first-order chi connectivity index (χ1) is 11.4. The van der Waals surface area contributed by atoms with Gasteiger partial charge in [0.05, 0.1) is 11.8 Å². The van der Waals surface area contributed by atoms with Crippen LogP contribution in [0.5, 0.6) is 0 Å². The second-order valence-corrected chi connectivity index (χ2v) is 6.85. The molecule has 0 saturated heterocycles. The summed E-state index contributed by atoms with van der Waals surface area (Å²) in [6, 6.07) is 5.87. The Morgan fingerprint density at radius 3 is 2.67 bits per heavy atom. The number of nitriles is 1. The van der Waals surface area contributed by atoms with Crippen LogP contribution in [0.2, 0.25) is 0 Å². The molecule has 0 aliphatic carbocycles. The largest absolute Gasteiger partial charge is 0.337 e. The van der Waals surface area contributed by atoms with Crippen molar-refractivity contribution in [3.8, 4) is 17.5 Å². The normalized spacial score (nSPS) is 13.3. The topological polar surface area (TPSA) is 96.5 Å². The third-order valence-corrected chi connectivity index (χ3v) is 4.91. The lowest BCUT2D eigenvalue weighted by Crippen LogP contribution is -2.49. The van der Waals surface area contributed by atoms with E-state index in [1.807, 2.05) is 37.6 Å². The fourth-order valence-electron chi connectivity index (χ4n) is 1.95. The van der Waals surface area contributed by atoms with Gasteiger partial charge >= 0.3 is 0 Å². The van der Waals surface area contributed by atoms with Gasteiger partial charge in [-0.25, -0.2) is 0 Å². The van der Waals surface area contributed by atoms with Gasteiger partial charge < -0.3 is 9.88 Å². The molecule has 1 atom stereocenters. The number of carbonyl (C=O) groups is 1. The first kappa shape index (κ1) is 17.9. The standard InChI is InChI=1S/C16H20N6OS/c1-11(2)16(3,10-17)19-13(23)9-24-15-21-20-14(22(15)4)12-5-7-18-8-6-12/h5-8,11H,9H2,1-4H3,(H,19,23). The minimum Gasteiger partial charge on any atom is -0.337 e. The van der Waals surface area contributed by atoms with Crippen molar-refractivity contribution in [3.63, 3.8) is 0 Å². The van der Waals surface area contributed by atoms with Gasteiger partial charge in [-0.3, -0.25) is 9.78 Å². The van der Waals surface area contributed by atoms with Gasteiger partial charge in [-0.15, -0.1) is 10.2 Å². The fraction of sp³-hybridized carbons (Fsp3) is 0.438. The molecule has 0 spiro atoms. The van der Waals surface area contributed by atoms with Crippen LogP contribution in [-0.2, 0) is 11.8 Å². The predicted octanol–water partition coefficient (Wildman–Crippen LogP) is 2.02. The van der Waals surface area contributed by atoms with Crippen LogP contribution in [0, 0.1) is 17.2 Å². The first-order valence-electron chi connectivity index (χ1n) is 7.52. The minimum absolute atomic E-state index is 0.0181. The second kappa shape index (κ2) is 7.45. The molecule has 0 radical (unpaired) electrons. The average Bonchev–Trinajstić information content (AvgIpc) is 2.94. The molecule has 1 amide bonds. The second-order valence-electron chi connectivity index (χ2n) is 5.91. The molecule has 0 aliphatic rings. The number of pyridine rings is 1. The first-order valence-corrected chi connectivity index (χ1v) is 8.51. The zero-order valence-corrected chi connectivity index (χ0v) is 15.0. The van der Waals surface area contributed by atoms with Crippen LogP contribution in [0.3, 0.4) is 0 Å². The van der Waals surface area contributed by atoms with Crippen LogP contribution in [0.15, 0.2) is 29.7 Å². The van der Waals surface area contributed by atoms with E-state index in [-0.39, 0.29) is 17.6 Å². The highest BCUT2D eigenvalue weighted by molar-refractivity contribution is 7.99. The van der Waals surface area contributed by atoms with Crippen molar-refractivity contribution in [2.45, 2.75) is 31.5 Å². The van der Waals surface area contributed by atoms with Crippen LogP contribution in [0.25, 0.3) is 11.4 Å². The molecule has 0 bridgehead atoms. The van der Waals surface area contributed by atoms with E-state index in [1.165, 1.54) is 11.8 Å². The maximum absolute atomic E-state index is 12.1. The number of carbonyl (C=O) groups excluding carboxylic acids is 1. The summed E-state index contributed by atoms with van der Waals surface area (Å²) in [4.78, 5) is 16.1. The average molecular weight is 344 g/mol. The summed E-state index contributed by atoms with van der Waals surface area (Å²) in [6.07, 6.45) is 3.39. The van der Waals surface area contributed by atoms with Gasteiger partial charge in [0, 0.05) is 25.0 Å². The summed E-state index contributed by atoms with van der Waals surface area (Å²) >= 11 is 1.29. The van der Waals surface area contributed by atoms with Crippen LogP contribution < -0.4 is 5.32 Å². The van der Waals surface area contributed by atoms with Crippen molar-refractivity contribution in [2.24, 2.45) is 13.0 Å². The van der Waals surface area contributed by atoms with Crippen molar-refractivity contribution in [3.05, 3.63) is 24.5 Å². The summed E-state index contributed by atoms with van der Waals surface area (Å²) < 4.78 is 1.83. The smallest absolute Gasteiger partial charge is 0.231 e. The molecule has 0 saturated carbocycles. The van der Waals surface area contributed by atoms with Crippen molar-refractivity contribution in [2.75, 3.05) is 5.75 Å². The Morgan fingerprint density at radius 2 is 2.08 bits per heavy atom. The SMILES string of the molecule is CC(C)C(C)(C#N)NC(=O)CSc1nnc(-c2ccncc2)n1C. The fourth-order valence-corrected chi connectivity index (χ4v) is 2.66. The molecule has 2 rings (SSSR count). The number of nitrogens with zero attached hydrogens (tertiary/aromatic N) is 5. The molecule has 126 valence electrons. The van der Waals surface area contributed by atoms with E-state index < -0.39 is 5.54 Å². The van der Waals surface area contributed by atoms with Gasteiger partial charge in [0.1, 0.15) is 5.54 Å². The Bertz CT molecular complexity index is 752. The molecule has 2 heterocycles. The lowest BCUT2D eigenvalue weighted by Gasteiger charge is -2.27. The number of rotatable bonds is 6. The highest BCUT2D eigenvalue weighted by Crippen LogP contribution is 2.22. The molecule has 1 unspecified atom stereocenters. The number of amides is 1. The molecule has 0 aromatic carbocycles. The Morgan fingerprint density at radius 1 is 1.42 bits per heavy atom. The van der Waals surface area contributed by atoms with Crippen LogP contribution >= 0.6 is 11.8 Å². The molecular weight excluding hydrogens is 324 g/mol. The highest BCUT2D eigenvalue weighted by Gasteiger charge is 2.30. The van der Waals surface area contributed by atoms with E-state index in [0.717, 1.165) is 5.56 Å². The number of hydrogen-bond donors (Lipinski definition) is 1. The van der Waals surface area contributed by atoms with E-state index in [0.29, 0.717) is 11.0 Å². The van der Waals surface area contributed by atoms with Crippen molar-refractivity contribution in [1.82, 2.24) is 25.1 Å². The molecule has 8 heteroatoms. The van der Waals surface area contributed by atoms with Crippen molar-refractivity contribution in [1.29, 1.82) is 5.26 Å². The number of aromatic nitrogens is 4. The molecule has 7 nitrogen and oxygen atoms in total. The van der Waals surface area contributed by atoms with Gasteiger partial charge in [-0.1, -0.05) is 25.6 Å². The number of nitrogens with one attached hydrogen (secondary N) is 1. The van der Waals surface area contributed by atoms with Crippen molar-refractivity contribution >= 4 is 17.7 Å². The summed E-state index contributed by atoms with van der Waals surface area (Å²) in [5.74, 6) is 0.701. The Kier molecular flexibility index (Phi) is 5.57. The minimum atomic E-state index is -0.875. The third kappa shape index (κ3) is 3.92. The maximum atomic E-state index is 12.1. The van der Waals surface area contributed by atoms with Gasteiger partial charge in [0.2, 0.25) is 5.91 Å². The summed E-state index contributed by atoms with van der Waals surface area (Å²) in [5, 5.41) is 21.0.